The number of rotatable bonds is 2. The Morgan fingerprint density at radius 3 is 2.68 bits per heavy atom. The Hall–Kier alpha value is -1.31. The quantitative estimate of drug-likeness (QED) is 0.790. The van der Waals surface area contributed by atoms with Crippen LogP contribution < -0.4 is 0 Å². The molecule has 1 spiro atoms. The summed E-state index contributed by atoms with van der Waals surface area (Å²) in [5.74, 6) is 0.373. The smallest absolute Gasteiger partial charge is 0.127 e. The Balaban J connectivity index is 1.61. The third kappa shape index (κ3) is 2.54. The molecule has 0 aliphatic heterocycles. The first-order chi connectivity index (χ1) is 9.19. The molecule has 0 saturated heterocycles. The van der Waals surface area contributed by atoms with Crippen molar-refractivity contribution >= 4 is 6.21 Å². The van der Waals surface area contributed by atoms with Crippen molar-refractivity contribution in [1.82, 2.24) is 0 Å². The Labute approximate surface area is 115 Å². The van der Waals surface area contributed by atoms with Gasteiger partial charge in [-0.25, -0.2) is 0 Å². The van der Waals surface area contributed by atoms with Crippen LogP contribution in [0, 0.1) is 12.3 Å². The molecule has 3 rings (SSSR count). The average molecular weight is 257 g/mol. The lowest BCUT2D eigenvalue weighted by Crippen LogP contribution is -2.41. The fraction of sp³-hybridized carbons (Fsp3) is 0.588. The van der Waals surface area contributed by atoms with E-state index in [1.165, 1.54) is 44.9 Å². The fourth-order valence-electron chi connectivity index (χ4n) is 3.73. The molecule has 2 nitrogen and oxygen atoms in total. The first kappa shape index (κ1) is 12.7. The molecule has 0 heterocycles. The van der Waals surface area contributed by atoms with Crippen molar-refractivity contribution in [3.05, 3.63) is 29.3 Å². The first-order valence-electron chi connectivity index (χ1n) is 7.50. The summed E-state index contributed by atoms with van der Waals surface area (Å²) < 4.78 is 0. The monoisotopic (exact) mass is 257 g/mol. The Bertz CT molecular complexity index is 478. The number of aliphatic imine (C=N–C) groups is 1. The molecule has 2 heteroatoms. The minimum absolute atomic E-state index is 0.373. The molecule has 0 bridgehead atoms. The highest BCUT2D eigenvalue weighted by molar-refractivity contribution is 5.84. The van der Waals surface area contributed by atoms with E-state index in [1.807, 2.05) is 31.3 Å². The zero-order valence-corrected chi connectivity index (χ0v) is 11.7. The third-order valence-corrected chi connectivity index (χ3v) is 4.94. The summed E-state index contributed by atoms with van der Waals surface area (Å²) in [4.78, 5) is 4.67. The molecule has 1 aromatic rings. The molecule has 0 amide bonds. The van der Waals surface area contributed by atoms with Crippen molar-refractivity contribution in [2.24, 2.45) is 10.4 Å². The Morgan fingerprint density at radius 2 is 1.95 bits per heavy atom. The first-order valence-corrected chi connectivity index (χ1v) is 7.50. The van der Waals surface area contributed by atoms with Crippen molar-refractivity contribution < 1.29 is 5.11 Å². The van der Waals surface area contributed by atoms with Crippen LogP contribution in [0.4, 0.5) is 0 Å². The molecule has 0 atom stereocenters. The van der Waals surface area contributed by atoms with Crippen molar-refractivity contribution in [3.63, 3.8) is 0 Å². The van der Waals surface area contributed by atoms with Gasteiger partial charge in [-0.1, -0.05) is 31.4 Å². The molecule has 19 heavy (non-hydrogen) atoms. The lowest BCUT2D eigenvalue weighted by molar-refractivity contribution is 0.0566. The van der Waals surface area contributed by atoms with Crippen molar-refractivity contribution in [2.45, 2.75) is 57.9 Å². The molecular formula is C17H23NO. The second-order valence-corrected chi connectivity index (χ2v) is 6.41. The number of phenolic OH excluding ortho intramolecular Hbond substituents is 1. The van der Waals surface area contributed by atoms with Crippen molar-refractivity contribution in [1.29, 1.82) is 0 Å². The summed E-state index contributed by atoms with van der Waals surface area (Å²) in [6, 6.07) is 6.31. The molecular weight excluding hydrogens is 234 g/mol. The fourth-order valence-corrected chi connectivity index (χ4v) is 3.73. The number of phenols is 1. The maximum atomic E-state index is 9.95. The number of para-hydroxylation sites is 1. The Kier molecular flexibility index (Phi) is 3.34. The number of nitrogens with zero attached hydrogens (tertiary/aromatic N) is 1. The summed E-state index contributed by atoms with van der Waals surface area (Å²) in [5, 5.41) is 9.95. The summed E-state index contributed by atoms with van der Waals surface area (Å²) >= 11 is 0. The predicted molar refractivity (Wildman–Crippen MR) is 79.0 cm³/mol. The average Bonchev–Trinajstić information content (AvgIpc) is 2.39. The molecule has 0 unspecified atom stereocenters. The van der Waals surface area contributed by atoms with Crippen LogP contribution >= 0.6 is 0 Å². The van der Waals surface area contributed by atoms with E-state index in [1.54, 1.807) is 0 Å². The van der Waals surface area contributed by atoms with Crippen LogP contribution in [0.15, 0.2) is 23.2 Å². The van der Waals surface area contributed by atoms with Gasteiger partial charge in [-0.3, -0.25) is 4.99 Å². The molecule has 0 radical (unpaired) electrons. The van der Waals surface area contributed by atoms with E-state index in [9.17, 15) is 5.11 Å². The predicted octanol–water partition coefficient (Wildman–Crippen LogP) is 4.23. The molecule has 102 valence electrons. The zero-order valence-electron chi connectivity index (χ0n) is 11.7. The van der Waals surface area contributed by atoms with E-state index in [0.717, 1.165) is 11.1 Å². The van der Waals surface area contributed by atoms with Crippen LogP contribution in [0.2, 0.25) is 0 Å². The van der Waals surface area contributed by atoms with Crippen LogP contribution in [-0.4, -0.2) is 17.4 Å². The van der Waals surface area contributed by atoms with Crippen LogP contribution in [-0.2, 0) is 0 Å². The minimum atomic E-state index is 0.373. The van der Waals surface area contributed by atoms with Gasteiger partial charge in [-0.05, 0) is 49.7 Å². The second-order valence-electron chi connectivity index (χ2n) is 6.41. The SMILES string of the molecule is Cc1cccc(C=NC2CC3(CCCCC3)C2)c1O. The topological polar surface area (TPSA) is 32.6 Å². The normalized spacial score (nSPS) is 22.8. The summed E-state index contributed by atoms with van der Waals surface area (Å²) in [7, 11) is 0. The van der Waals surface area contributed by atoms with Crippen LogP contribution in [0.25, 0.3) is 0 Å². The number of aryl methyl sites for hydroxylation is 1. The van der Waals surface area contributed by atoms with Gasteiger partial charge in [0, 0.05) is 11.8 Å². The summed E-state index contributed by atoms with van der Waals surface area (Å²) in [6.45, 7) is 1.92. The molecule has 2 aliphatic rings. The lowest BCUT2D eigenvalue weighted by Gasteiger charge is -2.48. The van der Waals surface area contributed by atoms with E-state index < -0.39 is 0 Å². The zero-order chi connectivity index (χ0) is 13.3. The van der Waals surface area contributed by atoms with Gasteiger partial charge in [0.1, 0.15) is 5.75 Å². The molecule has 0 aromatic heterocycles. The van der Waals surface area contributed by atoms with Gasteiger partial charge < -0.3 is 5.11 Å². The van der Waals surface area contributed by atoms with E-state index in [4.69, 9.17) is 0 Å². The maximum Gasteiger partial charge on any atom is 0.127 e. The summed E-state index contributed by atoms with van der Waals surface area (Å²) in [5.41, 5.74) is 2.40. The van der Waals surface area contributed by atoms with Gasteiger partial charge in [-0.2, -0.15) is 0 Å². The van der Waals surface area contributed by atoms with Gasteiger partial charge in [0.2, 0.25) is 0 Å². The van der Waals surface area contributed by atoms with E-state index in [2.05, 4.69) is 4.99 Å². The highest BCUT2D eigenvalue weighted by Gasteiger charge is 2.44. The van der Waals surface area contributed by atoms with E-state index in [-0.39, 0.29) is 0 Å². The maximum absolute atomic E-state index is 9.95. The van der Waals surface area contributed by atoms with Crippen LogP contribution in [0.1, 0.15) is 56.1 Å². The number of aromatic hydroxyl groups is 1. The molecule has 2 fully saturated rings. The molecule has 2 aliphatic carbocycles. The standard InChI is InChI=1S/C17H23NO/c1-13-6-5-7-14(16(13)19)12-18-15-10-17(11-15)8-3-2-4-9-17/h5-7,12,15,19H,2-4,8-11H2,1H3. The van der Waals surface area contributed by atoms with E-state index in [0.29, 0.717) is 17.2 Å². The van der Waals surface area contributed by atoms with Gasteiger partial charge >= 0.3 is 0 Å². The molecule has 1 N–H and O–H groups in total. The minimum Gasteiger partial charge on any atom is -0.507 e. The highest BCUT2D eigenvalue weighted by atomic mass is 16.3. The third-order valence-electron chi connectivity index (χ3n) is 4.94. The highest BCUT2D eigenvalue weighted by Crippen LogP contribution is 2.52. The van der Waals surface area contributed by atoms with Crippen molar-refractivity contribution in [2.75, 3.05) is 0 Å². The lowest BCUT2D eigenvalue weighted by atomic mass is 9.58. The van der Waals surface area contributed by atoms with Crippen LogP contribution in [0.3, 0.4) is 0 Å². The second kappa shape index (κ2) is 4.99. The van der Waals surface area contributed by atoms with Crippen molar-refractivity contribution in [3.8, 4) is 5.75 Å². The van der Waals surface area contributed by atoms with Gasteiger partial charge in [0.25, 0.3) is 0 Å². The number of benzene rings is 1. The summed E-state index contributed by atoms with van der Waals surface area (Å²) in [6.07, 6.45) is 11.5. The molecule has 2 saturated carbocycles. The van der Waals surface area contributed by atoms with Gasteiger partial charge in [0.15, 0.2) is 0 Å². The number of hydrogen-bond donors (Lipinski definition) is 1. The molecule has 1 aromatic carbocycles. The van der Waals surface area contributed by atoms with Gasteiger partial charge in [0.05, 0.1) is 6.04 Å². The Morgan fingerprint density at radius 1 is 1.21 bits per heavy atom. The van der Waals surface area contributed by atoms with Gasteiger partial charge in [-0.15, -0.1) is 0 Å². The van der Waals surface area contributed by atoms with Crippen LogP contribution in [0.5, 0.6) is 5.75 Å². The largest absolute Gasteiger partial charge is 0.507 e. The number of hydrogen-bond acceptors (Lipinski definition) is 2. The van der Waals surface area contributed by atoms with E-state index >= 15 is 0 Å².